The van der Waals surface area contributed by atoms with Crippen LogP contribution in [0.5, 0.6) is 5.75 Å². The van der Waals surface area contributed by atoms with Crippen LogP contribution in [-0.4, -0.2) is 73.1 Å². The number of halogens is 1. The highest BCUT2D eigenvalue weighted by Gasteiger charge is 2.46. The van der Waals surface area contributed by atoms with Crippen LogP contribution < -0.4 is 4.74 Å². The zero-order valence-electron chi connectivity index (χ0n) is 18.5. The SMILES string of the molecule is COc1ccc(/C(O)=C2\C(=O)C(=O)N(CCCN3CCOCC3)[C@H]2c2ccccc2Cl)cc1. The van der Waals surface area contributed by atoms with Crippen molar-refractivity contribution in [2.75, 3.05) is 46.5 Å². The number of rotatable bonds is 7. The number of carbonyl (C=O) groups is 2. The Kier molecular flexibility index (Phi) is 7.33. The van der Waals surface area contributed by atoms with Gasteiger partial charge in [-0.05, 0) is 42.3 Å². The molecular formula is C25H27ClN2O5. The first-order valence-corrected chi connectivity index (χ1v) is 11.4. The zero-order chi connectivity index (χ0) is 23.4. The molecule has 2 aliphatic heterocycles. The van der Waals surface area contributed by atoms with Crippen molar-refractivity contribution in [2.24, 2.45) is 0 Å². The second-order valence-corrected chi connectivity index (χ2v) is 8.46. The lowest BCUT2D eigenvalue weighted by Gasteiger charge is -2.29. The lowest BCUT2D eigenvalue weighted by Crippen LogP contribution is -2.39. The summed E-state index contributed by atoms with van der Waals surface area (Å²) in [5.41, 5.74) is 1.09. The van der Waals surface area contributed by atoms with Crippen LogP contribution >= 0.6 is 11.6 Å². The Hall–Kier alpha value is -2.87. The molecule has 4 rings (SSSR count). The fourth-order valence-corrected chi connectivity index (χ4v) is 4.56. The molecule has 2 aromatic carbocycles. The average Bonchev–Trinajstić information content (AvgIpc) is 3.09. The summed E-state index contributed by atoms with van der Waals surface area (Å²) >= 11 is 6.48. The molecule has 0 radical (unpaired) electrons. The Morgan fingerprint density at radius 2 is 1.79 bits per heavy atom. The van der Waals surface area contributed by atoms with Gasteiger partial charge in [0, 0.05) is 36.8 Å². The Balaban J connectivity index is 1.67. The van der Waals surface area contributed by atoms with Crippen LogP contribution in [0.25, 0.3) is 5.76 Å². The second-order valence-electron chi connectivity index (χ2n) is 8.05. The van der Waals surface area contributed by atoms with Gasteiger partial charge in [0.25, 0.3) is 11.7 Å². The van der Waals surface area contributed by atoms with E-state index in [-0.39, 0.29) is 11.3 Å². The molecule has 33 heavy (non-hydrogen) atoms. The molecule has 2 heterocycles. The number of likely N-dealkylation sites (tertiary alicyclic amines) is 1. The van der Waals surface area contributed by atoms with Crippen molar-refractivity contribution < 1.29 is 24.2 Å². The monoisotopic (exact) mass is 470 g/mol. The summed E-state index contributed by atoms with van der Waals surface area (Å²) in [6, 6.07) is 13.0. The van der Waals surface area contributed by atoms with Crippen LogP contribution in [0.15, 0.2) is 54.1 Å². The maximum absolute atomic E-state index is 13.1. The van der Waals surface area contributed by atoms with Crippen molar-refractivity contribution in [3.8, 4) is 5.75 Å². The van der Waals surface area contributed by atoms with Crippen molar-refractivity contribution in [1.29, 1.82) is 0 Å². The van der Waals surface area contributed by atoms with Crippen molar-refractivity contribution in [1.82, 2.24) is 9.80 Å². The maximum atomic E-state index is 13.1. The fraction of sp³-hybridized carbons (Fsp3) is 0.360. The molecule has 2 fully saturated rings. The number of amides is 1. The number of ketones is 1. The summed E-state index contributed by atoms with van der Waals surface area (Å²) in [6.07, 6.45) is 0.691. The van der Waals surface area contributed by atoms with E-state index in [9.17, 15) is 14.7 Å². The Bertz CT molecular complexity index is 1050. The van der Waals surface area contributed by atoms with Crippen LogP contribution in [0.1, 0.15) is 23.6 Å². The number of ether oxygens (including phenoxy) is 2. The number of nitrogens with zero attached hydrogens (tertiary/aromatic N) is 2. The highest BCUT2D eigenvalue weighted by Crippen LogP contribution is 2.41. The first kappa shape index (κ1) is 23.3. The topological polar surface area (TPSA) is 79.3 Å². The number of benzene rings is 2. The van der Waals surface area contributed by atoms with E-state index >= 15 is 0 Å². The minimum atomic E-state index is -0.759. The summed E-state index contributed by atoms with van der Waals surface area (Å²) in [4.78, 5) is 30.0. The van der Waals surface area contributed by atoms with Crippen molar-refractivity contribution in [3.63, 3.8) is 0 Å². The van der Waals surface area contributed by atoms with Crippen LogP contribution in [0.3, 0.4) is 0 Å². The minimum absolute atomic E-state index is 0.0460. The summed E-state index contributed by atoms with van der Waals surface area (Å²) in [5.74, 6) is -0.939. The lowest BCUT2D eigenvalue weighted by molar-refractivity contribution is -0.140. The van der Waals surface area contributed by atoms with E-state index in [4.69, 9.17) is 21.1 Å². The largest absolute Gasteiger partial charge is 0.507 e. The number of Topliss-reactive ketones (excluding diaryl/α,β-unsaturated/α-hetero) is 1. The molecule has 0 saturated carbocycles. The van der Waals surface area contributed by atoms with Crippen molar-refractivity contribution >= 4 is 29.1 Å². The molecule has 0 unspecified atom stereocenters. The van der Waals surface area contributed by atoms with Gasteiger partial charge in [-0.15, -0.1) is 0 Å². The van der Waals surface area contributed by atoms with Gasteiger partial charge in [-0.25, -0.2) is 0 Å². The van der Waals surface area contributed by atoms with E-state index in [0.717, 1.165) is 19.6 Å². The Morgan fingerprint density at radius 1 is 1.09 bits per heavy atom. The molecule has 1 amide bonds. The normalized spacial score (nSPS) is 20.9. The number of aliphatic hydroxyl groups is 1. The van der Waals surface area contributed by atoms with Gasteiger partial charge in [0.05, 0.1) is 31.9 Å². The quantitative estimate of drug-likeness (QED) is 0.379. The van der Waals surface area contributed by atoms with Crippen molar-refractivity contribution in [3.05, 3.63) is 70.3 Å². The van der Waals surface area contributed by atoms with Crippen LogP contribution in [-0.2, 0) is 14.3 Å². The van der Waals surface area contributed by atoms with Gasteiger partial charge in [0.15, 0.2) is 0 Å². The third-order valence-electron chi connectivity index (χ3n) is 6.08. The van der Waals surface area contributed by atoms with E-state index in [1.165, 1.54) is 4.90 Å². The first-order valence-electron chi connectivity index (χ1n) is 11.0. The van der Waals surface area contributed by atoms with Crippen LogP contribution in [0, 0.1) is 0 Å². The predicted octanol–water partition coefficient (Wildman–Crippen LogP) is 3.49. The summed E-state index contributed by atoms with van der Waals surface area (Å²) in [6.45, 7) is 4.27. The average molecular weight is 471 g/mol. The van der Waals surface area contributed by atoms with Gasteiger partial charge in [-0.2, -0.15) is 0 Å². The zero-order valence-corrected chi connectivity index (χ0v) is 19.3. The number of carbonyl (C=O) groups excluding carboxylic acids is 2. The molecule has 7 nitrogen and oxygen atoms in total. The molecular weight excluding hydrogens is 444 g/mol. The number of aliphatic hydroxyl groups excluding tert-OH is 1. The van der Waals surface area contributed by atoms with Gasteiger partial charge in [-0.1, -0.05) is 29.8 Å². The van der Waals surface area contributed by atoms with E-state index in [2.05, 4.69) is 4.90 Å². The maximum Gasteiger partial charge on any atom is 0.295 e. The highest BCUT2D eigenvalue weighted by atomic mass is 35.5. The van der Waals surface area contributed by atoms with E-state index in [1.54, 1.807) is 49.6 Å². The smallest absolute Gasteiger partial charge is 0.295 e. The number of methoxy groups -OCH3 is 1. The summed E-state index contributed by atoms with van der Waals surface area (Å²) in [7, 11) is 1.55. The molecule has 174 valence electrons. The molecule has 2 aromatic rings. The number of morpholine rings is 1. The highest BCUT2D eigenvalue weighted by molar-refractivity contribution is 6.47. The standard InChI is InChI=1S/C25H27ClN2O5/c1-32-18-9-7-17(8-10-18)23(29)21-22(19-5-2-3-6-20(19)26)28(25(31)24(21)30)12-4-11-27-13-15-33-16-14-27/h2-3,5-10,22,29H,4,11-16H2,1H3/b23-21+/t22-/m0/s1. The van der Waals surface area contributed by atoms with Gasteiger partial charge in [-0.3, -0.25) is 14.5 Å². The van der Waals surface area contributed by atoms with E-state index in [0.29, 0.717) is 48.1 Å². The fourth-order valence-electron chi connectivity index (χ4n) is 4.32. The predicted molar refractivity (Wildman–Crippen MR) is 125 cm³/mol. The number of hydrogen-bond acceptors (Lipinski definition) is 6. The lowest BCUT2D eigenvalue weighted by atomic mass is 9.95. The van der Waals surface area contributed by atoms with Gasteiger partial charge >= 0.3 is 0 Å². The summed E-state index contributed by atoms with van der Waals surface area (Å²) < 4.78 is 10.6. The second kappa shape index (κ2) is 10.4. The molecule has 2 aliphatic rings. The van der Waals surface area contributed by atoms with Gasteiger partial charge < -0.3 is 19.5 Å². The van der Waals surface area contributed by atoms with Gasteiger partial charge in [0.2, 0.25) is 0 Å². The van der Waals surface area contributed by atoms with E-state index in [1.807, 2.05) is 6.07 Å². The molecule has 1 atom stereocenters. The van der Waals surface area contributed by atoms with Gasteiger partial charge in [0.1, 0.15) is 11.5 Å². The minimum Gasteiger partial charge on any atom is -0.507 e. The molecule has 0 aromatic heterocycles. The molecule has 0 bridgehead atoms. The Labute approximate surface area is 198 Å². The summed E-state index contributed by atoms with van der Waals surface area (Å²) in [5, 5.41) is 11.5. The van der Waals surface area contributed by atoms with Crippen LogP contribution in [0.2, 0.25) is 5.02 Å². The van der Waals surface area contributed by atoms with E-state index < -0.39 is 17.7 Å². The first-order chi connectivity index (χ1) is 16.0. The molecule has 2 saturated heterocycles. The number of hydrogen-bond donors (Lipinski definition) is 1. The third kappa shape index (κ3) is 4.90. The molecule has 0 spiro atoms. The third-order valence-corrected chi connectivity index (χ3v) is 6.42. The molecule has 0 aliphatic carbocycles. The Morgan fingerprint density at radius 3 is 2.45 bits per heavy atom. The van der Waals surface area contributed by atoms with Crippen LogP contribution in [0.4, 0.5) is 0 Å². The molecule has 8 heteroatoms. The van der Waals surface area contributed by atoms with Crippen molar-refractivity contribution in [2.45, 2.75) is 12.5 Å². The molecule has 1 N–H and O–H groups in total.